The van der Waals surface area contributed by atoms with Crippen LogP contribution < -0.4 is 33.2 Å². The Bertz CT molecular complexity index is 1990. The van der Waals surface area contributed by atoms with Gasteiger partial charge in [-0.05, 0) is 99.9 Å². The van der Waals surface area contributed by atoms with Crippen molar-refractivity contribution in [1.82, 2.24) is 20.9 Å². The minimum Gasteiger partial charge on any atom is -0.350 e. The Labute approximate surface area is 393 Å². The maximum atomic E-state index is 16.4. The van der Waals surface area contributed by atoms with Crippen LogP contribution in [0.25, 0.3) is 0 Å². The number of benzene rings is 3. The van der Waals surface area contributed by atoms with E-state index in [1.54, 1.807) is 24.1 Å². The number of unbranched alkanes of at least 4 members (excludes halogenated alkanes) is 1. The topological polar surface area (TPSA) is 203 Å². The highest BCUT2D eigenvalue weighted by molar-refractivity contribution is 6.18. The van der Waals surface area contributed by atoms with Gasteiger partial charge in [-0.25, -0.2) is 0 Å². The van der Waals surface area contributed by atoms with E-state index in [0.717, 1.165) is 68.9 Å². The number of rotatable bonds is 24. The number of likely N-dealkylation sites (tertiary alicyclic amines) is 1. The predicted molar refractivity (Wildman–Crippen MR) is 261 cm³/mol. The summed E-state index contributed by atoms with van der Waals surface area (Å²) in [5, 5.41) is 9.45. The van der Waals surface area contributed by atoms with Gasteiger partial charge >= 0.3 is 0 Å². The molecule has 0 aromatic heterocycles. The lowest BCUT2D eigenvalue weighted by Crippen LogP contribution is -2.68. The summed E-state index contributed by atoms with van der Waals surface area (Å²) >= 11 is 0. The van der Waals surface area contributed by atoms with Crippen molar-refractivity contribution in [1.29, 1.82) is 0 Å². The van der Waals surface area contributed by atoms with Crippen LogP contribution >= 0.6 is 0 Å². The first-order chi connectivity index (χ1) is 32.1. The molecule has 66 heavy (non-hydrogen) atoms. The molecule has 7 atom stereocenters. The lowest BCUT2D eigenvalue weighted by molar-refractivity contribution is -0.147. The van der Waals surface area contributed by atoms with Crippen LogP contribution in [0.3, 0.4) is 0 Å². The molecule has 2 unspecified atom stereocenters. The minimum absolute atomic E-state index is 0.135. The second-order valence-corrected chi connectivity index (χ2v) is 19.4. The van der Waals surface area contributed by atoms with Crippen molar-refractivity contribution >= 4 is 29.3 Å². The summed E-state index contributed by atoms with van der Waals surface area (Å²) in [5.41, 5.74) is 20.0. The van der Waals surface area contributed by atoms with E-state index < -0.39 is 59.1 Å². The zero-order chi connectivity index (χ0) is 46.9. The first kappa shape index (κ1) is 50.7. The third kappa shape index (κ3) is 13.0. The van der Waals surface area contributed by atoms with Crippen molar-refractivity contribution < 1.29 is 24.0 Å². The lowest BCUT2D eigenvalue weighted by Gasteiger charge is -2.44. The van der Waals surface area contributed by atoms with Crippen LogP contribution in [-0.2, 0) is 42.2 Å². The van der Waals surface area contributed by atoms with E-state index in [0.29, 0.717) is 69.4 Å². The van der Waals surface area contributed by atoms with E-state index in [4.69, 9.17) is 17.2 Å². The monoisotopic (exact) mass is 904 g/mol. The van der Waals surface area contributed by atoms with Crippen molar-refractivity contribution in [3.63, 3.8) is 0 Å². The number of amides is 3. The molecule has 1 aliphatic heterocycles. The zero-order valence-electron chi connectivity index (χ0n) is 39.3. The number of hydrogen-bond acceptors (Lipinski definition) is 9. The summed E-state index contributed by atoms with van der Waals surface area (Å²) in [5.74, 6) is -1.53. The predicted octanol–water partition coefficient (Wildman–Crippen LogP) is 5.82. The summed E-state index contributed by atoms with van der Waals surface area (Å²) in [6, 6.07) is 22.7. The summed E-state index contributed by atoms with van der Waals surface area (Å²) in [4.78, 5) is 77.8. The van der Waals surface area contributed by atoms with Gasteiger partial charge in [0.15, 0.2) is 11.6 Å². The second kappa shape index (κ2) is 25.4. The Hall–Kier alpha value is -4.75. The Morgan fingerprint density at radius 2 is 1.18 bits per heavy atom. The number of carbonyl (C=O) groups excluding carboxylic acids is 5. The number of likely N-dealkylation sites (N-methyl/N-ethyl adjacent to an activating group) is 1. The van der Waals surface area contributed by atoms with Gasteiger partial charge in [0.1, 0.15) is 11.5 Å². The van der Waals surface area contributed by atoms with E-state index in [9.17, 15) is 9.59 Å². The Morgan fingerprint density at radius 1 is 0.636 bits per heavy atom. The maximum Gasteiger partial charge on any atom is 0.245 e. The maximum absolute atomic E-state index is 16.4. The minimum atomic E-state index is -2.01. The quantitative estimate of drug-likeness (QED) is 0.0473. The highest BCUT2D eigenvalue weighted by Gasteiger charge is 2.58. The second-order valence-electron chi connectivity index (χ2n) is 19.4. The molecule has 0 bridgehead atoms. The van der Waals surface area contributed by atoms with Gasteiger partial charge in [-0.1, -0.05) is 155 Å². The Kier molecular flexibility index (Phi) is 19.5. The highest BCUT2D eigenvalue weighted by Crippen LogP contribution is 2.40. The standard InChI is InChI=1S/C54H77N7O5/c1-58-46(36-40-24-11-4-12-25-40)52(65)59-45(30-17-18-32-55)53(66)61-33-19-31-47(61)50(63)54(42-28-15-6-16-29-42,49(62)43(56)34-38-20-7-2-8-21-38)48(37-41-26-13-5-14-27-41)60-51(64)44(57)35-39-22-9-3-10-23-39/h4-6,11-16,24-29,38-39,43-48,58H,2-3,7-10,17-23,30-37,55-57H2,1H3,(H,59,65)(H,60,64)/t43-,44+,45+,46+,47+,48?,54?/m1/s1. The molecule has 1 saturated heterocycles. The third-order valence-electron chi connectivity index (χ3n) is 14.8. The summed E-state index contributed by atoms with van der Waals surface area (Å²) in [7, 11) is 1.72. The molecule has 3 fully saturated rings. The van der Waals surface area contributed by atoms with Gasteiger partial charge in [0.05, 0.1) is 30.2 Å². The molecule has 1 heterocycles. The highest BCUT2D eigenvalue weighted by atomic mass is 16.2. The molecule has 12 nitrogen and oxygen atoms in total. The zero-order valence-corrected chi connectivity index (χ0v) is 39.3. The summed E-state index contributed by atoms with van der Waals surface area (Å²) in [6.45, 7) is 0.682. The Balaban J connectivity index is 1.42. The molecule has 0 spiro atoms. The van der Waals surface area contributed by atoms with Crippen molar-refractivity contribution in [3.05, 3.63) is 108 Å². The fourth-order valence-electron chi connectivity index (χ4n) is 11.1. The van der Waals surface area contributed by atoms with Gasteiger partial charge < -0.3 is 38.1 Å². The van der Waals surface area contributed by atoms with Crippen LogP contribution in [0.5, 0.6) is 0 Å². The number of hydrogen-bond donors (Lipinski definition) is 6. The molecule has 358 valence electrons. The molecule has 3 aromatic rings. The van der Waals surface area contributed by atoms with Gasteiger partial charge in [-0.3, -0.25) is 24.0 Å². The third-order valence-corrected chi connectivity index (χ3v) is 14.8. The number of Topliss-reactive ketones (excluding diaryl/α,β-unsaturated/α-hetero) is 2. The van der Waals surface area contributed by atoms with Crippen LogP contribution in [-0.4, -0.2) is 90.6 Å². The largest absolute Gasteiger partial charge is 0.350 e. The first-order valence-corrected chi connectivity index (χ1v) is 25.1. The summed E-state index contributed by atoms with van der Waals surface area (Å²) < 4.78 is 0. The molecule has 6 rings (SSSR count). The summed E-state index contributed by atoms with van der Waals surface area (Å²) in [6.07, 6.45) is 14.4. The first-order valence-electron chi connectivity index (χ1n) is 25.1. The Morgan fingerprint density at radius 3 is 1.74 bits per heavy atom. The molecular formula is C54H77N7O5. The van der Waals surface area contributed by atoms with E-state index in [1.807, 2.05) is 78.9 Å². The SMILES string of the molecule is CN[C@@H](Cc1ccccc1)C(=O)N[C@@H](CCCCN)C(=O)N1CCC[C@H]1C(=O)C(C(=O)[C@H](N)CC1CCCCC1)(c1ccccc1)C(Cc1ccccc1)NC(=O)[C@@H](N)CC1CCCCC1. The molecule has 9 N–H and O–H groups in total. The van der Waals surface area contributed by atoms with Crippen molar-refractivity contribution in [2.45, 2.75) is 164 Å². The molecule has 0 radical (unpaired) electrons. The molecule has 12 heteroatoms. The van der Waals surface area contributed by atoms with Crippen LogP contribution in [0.4, 0.5) is 0 Å². The van der Waals surface area contributed by atoms with E-state index in [1.165, 1.54) is 6.42 Å². The van der Waals surface area contributed by atoms with Crippen LogP contribution in [0.2, 0.25) is 0 Å². The van der Waals surface area contributed by atoms with Crippen LogP contribution in [0.1, 0.15) is 126 Å². The smallest absolute Gasteiger partial charge is 0.245 e. The van der Waals surface area contributed by atoms with E-state index in [2.05, 4.69) is 16.0 Å². The van der Waals surface area contributed by atoms with Crippen LogP contribution in [0.15, 0.2) is 91.0 Å². The van der Waals surface area contributed by atoms with Gasteiger partial charge in [0, 0.05) is 6.54 Å². The molecule has 3 aliphatic rings. The number of ketones is 2. The van der Waals surface area contributed by atoms with Crippen molar-refractivity contribution in [2.75, 3.05) is 20.1 Å². The van der Waals surface area contributed by atoms with E-state index >= 15 is 14.4 Å². The molecule has 3 aromatic carbocycles. The van der Waals surface area contributed by atoms with Crippen molar-refractivity contribution in [3.8, 4) is 0 Å². The van der Waals surface area contributed by atoms with Gasteiger partial charge in [0.25, 0.3) is 0 Å². The molecule has 2 saturated carbocycles. The molecule has 3 amide bonds. The lowest BCUT2D eigenvalue weighted by atomic mass is 9.62. The fourth-order valence-corrected chi connectivity index (χ4v) is 11.1. The van der Waals surface area contributed by atoms with Crippen molar-refractivity contribution in [2.24, 2.45) is 29.0 Å². The number of nitrogens with one attached hydrogen (secondary N) is 3. The van der Waals surface area contributed by atoms with E-state index in [-0.39, 0.29) is 30.7 Å². The van der Waals surface area contributed by atoms with Gasteiger partial charge in [-0.2, -0.15) is 0 Å². The number of carbonyl (C=O) groups is 5. The van der Waals surface area contributed by atoms with Crippen LogP contribution in [0, 0.1) is 11.8 Å². The number of nitrogens with zero attached hydrogens (tertiary/aromatic N) is 1. The number of nitrogens with two attached hydrogens (primary N) is 3. The fraction of sp³-hybridized carbons (Fsp3) is 0.574. The van der Waals surface area contributed by atoms with Gasteiger partial charge in [0.2, 0.25) is 17.7 Å². The average molecular weight is 904 g/mol. The van der Waals surface area contributed by atoms with Gasteiger partial charge in [-0.15, -0.1) is 0 Å². The molecular weight excluding hydrogens is 827 g/mol. The normalized spacial score (nSPS) is 20.3. The molecule has 2 aliphatic carbocycles. The average Bonchev–Trinajstić information content (AvgIpc) is 3.84.